The van der Waals surface area contributed by atoms with Gasteiger partial charge in [0.15, 0.2) is 11.1 Å². The van der Waals surface area contributed by atoms with Crippen LogP contribution in [0.5, 0.6) is 0 Å². The van der Waals surface area contributed by atoms with E-state index in [-0.39, 0.29) is 0 Å². The molecular formula is C29H27N5P2. The highest BCUT2D eigenvalue weighted by molar-refractivity contribution is 7.80. The highest BCUT2D eigenvalue weighted by Gasteiger charge is 2.29. The molecule has 0 saturated heterocycles. The third-order valence-corrected chi connectivity index (χ3v) is 10.1. The molecule has 0 radical (unpaired) electrons. The summed E-state index contributed by atoms with van der Waals surface area (Å²) < 4.78 is 1.98. The Morgan fingerprint density at radius 2 is 0.861 bits per heavy atom. The van der Waals surface area contributed by atoms with Gasteiger partial charge in [0.05, 0.1) is 0 Å². The average Bonchev–Trinajstić information content (AvgIpc) is 3.33. The maximum absolute atomic E-state index is 4.93. The first-order valence-electron chi connectivity index (χ1n) is 11.7. The Labute approximate surface area is 214 Å². The topological polar surface area (TPSA) is 46.3 Å². The van der Waals surface area contributed by atoms with Crippen molar-refractivity contribution in [3.05, 3.63) is 121 Å². The third kappa shape index (κ3) is 5.28. The summed E-state index contributed by atoms with van der Waals surface area (Å²) in [5, 5.41) is 19.5. The highest BCUT2D eigenvalue weighted by Crippen LogP contribution is 2.35. The summed E-state index contributed by atoms with van der Waals surface area (Å²) in [6.07, 6.45) is 1.82. The molecule has 0 aliphatic heterocycles. The quantitative estimate of drug-likeness (QED) is 0.184. The van der Waals surface area contributed by atoms with Gasteiger partial charge in [0.25, 0.3) is 0 Å². The van der Waals surface area contributed by atoms with E-state index in [1.54, 1.807) is 0 Å². The van der Waals surface area contributed by atoms with Gasteiger partial charge in [-0.1, -0.05) is 121 Å². The molecule has 1 heterocycles. The lowest BCUT2D eigenvalue weighted by Gasteiger charge is -2.20. The summed E-state index contributed by atoms with van der Waals surface area (Å²) >= 11 is 0. The molecule has 178 valence electrons. The van der Waals surface area contributed by atoms with Crippen molar-refractivity contribution in [3.63, 3.8) is 0 Å². The van der Waals surface area contributed by atoms with Crippen LogP contribution in [0.1, 0.15) is 0 Å². The van der Waals surface area contributed by atoms with Crippen LogP contribution in [-0.2, 0) is 0 Å². The SMILES string of the molecule is CN(C)/C=N/n1c(P(c2ccccc2)c2ccccc2)nnc1P(c1ccccc1)c1ccccc1. The van der Waals surface area contributed by atoms with Crippen molar-refractivity contribution in [3.8, 4) is 0 Å². The fourth-order valence-corrected chi connectivity index (χ4v) is 8.29. The molecule has 0 atom stereocenters. The molecule has 0 fully saturated rings. The first-order valence-corrected chi connectivity index (χ1v) is 14.4. The van der Waals surface area contributed by atoms with Crippen molar-refractivity contribution in [2.45, 2.75) is 0 Å². The normalized spacial score (nSPS) is 11.4. The molecule has 0 amide bonds. The van der Waals surface area contributed by atoms with Gasteiger partial charge in [-0.25, -0.2) is 0 Å². The first-order chi connectivity index (χ1) is 17.7. The lowest BCUT2D eigenvalue weighted by molar-refractivity contribution is 0.634. The van der Waals surface area contributed by atoms with Gasteiger partial charge in [-0.3, -0.25) is 0 Å². The maximum atomic E-state index is 4.93. The van der Waals surface area contributed by atoms with Gasteiger partial charge in [0.1, 0.15) is 6.34 Å². The average molecular weight is 508 g/mol. The highest BCUT2D eigenvalue weighted by atomic mass is 31.1. The smallest absolute Gasteiger partial charge is 0.185 e. The van der Waals surface area contributed by atoms with E-state index in [0.29, 0.717) is 0 Å². The fourth-order valence-electron chi connectivity index (χ4n) is 3.87. The van der Waals surface area contributed by atoms with Gasteiger partial charge in [-0.2, -0.15) is 9.78 Å². The van der Waals surface area contributed by atoms with E-state index >= 15 is 0 Å². The van der Waals surface area contributed by atoms with Crippen LogP contribution >= 0.6 is 15.8 Å². The summed E-state index contributed by atoms with van der Waals surface area (Å²) in [5.41, 5.74) is 1.71. The molecule has 5 nitrogen and oxygen atoms in total. The van der Waals surface area contributed by atoms with Crippen LogP contribution in [0.25, 0.3) is 0 Å². The van der Waals surface area contributed by atoms with Crippen molar-refractivity contribution in [2.24, 2.45) is 5.10 Å². The summed E-state index contributed by atoms with van der Waals surface area (Å²) in [7, 11) is 2.00. The monoisotopic (exact) mass is 507 g/mol. The molecule has 0 N–H and O–H groups in total. The van der Waals surface area contributed by atoms with Crippen LogP contribution < -0.4 is 32.3 Å². The predicted octanol–water partition coefficient (Wildman–Crippen LogP) is 3.15. The summed E-state index contributed by atoms with van der Waals surface area (Å²) in [5.74, 6) is 0. The van der Waals surface area contributed by atoms with E-state index in [0.717, 1.165) is 11.1 Å². The molecule has 0 bridgehead atoms. The van der Waals surface area contributed by atoms with E-state index in [2.05, 4.69) is 97.1 Å². The van der Waals surface area contributed by atoms with E-state index in [1.807, 2.05) is 54.3 Å². The Balaban J connectivity index is 1.75. The second kappa shape index (κ2) is 11.4. The molecule has 0 unspecified atom stereocenters. The second-order valence-corrected chi connectivity index (χ2v) is 12.5. The van der Waals surface area contributed by atoms with Gasteiger partial charge in [0.2, 0.25) is 0 Å². The Bertz CT molecular complexity index is 1230. The molecule has 1 aromatic heterocycles. The minimum Gasteiger partial charge on any atom is -0.367 e. The Morgan fingerprint density at radius 1 is 0.556 bits per heavy atom. The number of hydrogen-bond acceptors (Lipinski definition) is 3. The molecule has 0 saturated carbocycles. The Kier molecular flexibility index (Phi) is 7.61. The lowest BCUT2D eigenvalue weighted by Crippen LogP contribution is -2.33. The molecular weight excluding hydrogens is 480 g/mol. The van der Waals surface area contributed by atoms with Crippen LogP contribution in [0.4, 0.5) is 0 Å². The molecule has 5 aromatic rings. The fraction of sp³-hybridized carbons (Fsp3) is 0.0690. The van der Waals surface area contributed by atoms with Crippen LogP contribution in [0, 0.1) is 0 Å². The molecule has 36 heavy (non-hydrogen) atoms. The molecule has 4 aromatic carbocycles. The standard InChI is InChI=1S/C29H27N5P2/c1-33(2)23-30-34-28(35(24-15-7-3-8-16-24)25-17-9-4-10-18-25)31-32-29(34)36(26-19-11-5-12-20-26)27-21-13-6-14-22-27/h3-23H,1-2H3/b30-23+. The minimum absolute atomic E-state index is 0.856. The zero-order valence-corrected chi connectivity index (χ0v) is 22.0. The summed E-state index contributed by atoms with van der Waals surface area (Å²) in [4.78, 5) is 1.94. The van der Waals surface area contributed by atoms with E-state index in [4.69, 9.17) is 15.3 Å². The van der Waals surface area contributed by atoms with Crippen molar-refractivity contribution >= 4 is 54.5 Å². The summed E-state index contributed by atoms with van der Waals surface area (Å²) in [6.45, 7) is 0. The second-order valence-electron chi connectivity index (χ2n) is 8.32. The molecule has 0 spiro atoms. The number of benzene rings is 4. The molecule has 0 aliphatic carbocycles. The van der Waals surface area contributed by atoms with Crippen molar-refractivity contribution in [1.29, 1.82) is 0 Å². The van der Waals surface area contributed by atoms with Crippen molar-refractivity contribution < 1.29 is 0 Å². The summed E-state index contributed by atoms with van der Waals surface area (Å²) in [6, 6.07) is 42.2. The molecule has 0 aliphatic rings. The van der Waals surface area contributed by atoms with Crippen molar-refractivity contribution in [1.82, 2.24) is 19.8 Å². The zero-order valence-electron chi connectivity index (χ0n) is 20.3. The predicted molar refractivity (Wildman–Crippen MR) is 155 cm³/mol. The number of hydrogen-bond donors (Lipinski definition) is 0. The van der Waals surface area contributed by atoms with E-state index in [9.17, 15) is 0 Å². The maximum Gasteiger partial charge on any atom is 0.185 e. The molecule has 5 rings (SSSR count). The Morgan fingerprint density at radius 3 is 1.14 bits per heavy atom. The van der Waals surface area contributed by atoms with Gasteiger partial charge < -0.3 is 4.90 Å². The zero-order chi connectivity index (χ0) is 24.7. The Hall–Kier alpha value is -3.65. The van der Waals surface area contributed by atoms with Gasteiger partial charge in [-0.05, 0) is 21.2 Å². The van der Waals surface area contributed by atoms with Crippen molar-refractivity contribution in [2.75, 3.05) is 14.1 Å². The largest absolute Gasteiger partial charge is 0.367 e. The van der Waals surface area contributed by atoms with Gasteiger partial charge in [0, 0.05) is 29.9 Å². The van der Waals surface area contributed by atoms with Gasteiger partial charge in [-0.15, -0.1) is 10.2 Å². The van der Waals surface area contributed by atoms with E-state index in [1.165, 1.54) is 21.2 Å². The lowest BCUT2D eigenvalue weighted by atomic mass is 10.4. The van der Waals surface area contributed by atoms with Gasteiger partial charge >= 0.3 is 0 Å². The van der Waals surface area contributed by atoms with Crippen LogP contribution in [0.2, 0.25) is 0 Å². The number of rotatable bonds is 8. The minimum atomic E-state index is -0.972. The third-order valence-electron chi connectivity index (χ3n) is 5.46. The van der Waals surface area contributed by atoms with E-state index < -0.39 is 15.8 Å². The number of aromatic nitrogens is 3. The molecule has 7 heteroatoms. The van der Waals surface area contributed by atoms with Crippen LogP contribution in [-0.4, -0.2) is 40.2 Å². The number of nitrogens with zero attached hydrogens (tertiary/aromatic N) is 5. The van der Waals surface area contributed by atoms with Crippen LogP contribution in [0.15, 0.2) is 126 Å². The van der Waals surface area contributed by atoms with Crippen LogP contribution in [0.3, 0.4) is 0 Å². The first kappa shape index (κ1) is 24.1.